The second-order valence-corrected chi connectivity index (χ2v) is 4.51. The molecular weight excluding hydrogens is 218 g/mol. The van der Waals surface area contributed by atoms with Crippen LogP contribution >= 0.6 is 0 Å². The van der Waals surface area contributed by atoms with Crippen LogP contribution in [-0.2, 0) is 0 Å². The summed E-state index contributed by atoms with van der Waals surface area (Å²) >= 11 is 0. The molecular formula is C10H19N7. The maximum atomic E-state index is 5.97. The molecule has 2 heterocycles. The largest absolute Gasteiger partial charge is 0.393 e. The van der Waals surface area contributed by atoms with Gasteiger partial charge in [0.15, 0.2) is 11.6 Å². The highest BCUT2D eigenvalue weighted by molar-refractivity contribution is 5.76. The minimum absolute atomic E-state index is 0.181. The maximum Gasteiger partial charge on any atom is 0.224 e. The highest BCUT2D eigenvalue weighted by Gasteiger charge is 2.21. The van der Waals surface area contributed by atoms with E-state index < -0.39 is 0 Å². The third-order valence-corrected chi connectivity index (χ3v) is 3.04. The van der Waals surface area contributed by atoms with Gasteiger partial charge in [0.05, 0.1) is 0 Å². The van der Waals surface area contributed by atoms with Crippen LogP contribution in [0.2, 0.25) is 0 Å². The number of nitrogens with one attached hydrogen (secondary N) is 1. The zero-order valence-electron chi connectivity index (χ0n) is 9.98. The molecule has 0 spiro atoms. The lowest BCUT2D eigenvalue weighted by Gasteiger charge is -2.32. The lowest BCUT2D eigenvalue weighted by Crippen LogP contribution is -2.35. The van der Waals surface area contributed by atoms with Crippen LogP contribution in [0.1, 0.15) is 19.8 Å². The topological polar surface area (TPSA) is 119 Å². The van der Waals surface area contributed by atoms with Crippen molar-refractivity contribution in [2.75, 3.05) is 34.9 Å². The molecule has 0 amide bonds. The second kappa shape index (κ2) is 4.62. The van der Waals surface area contributed by atoms with Gasteiger partial charge in [0.25, 0.3) is 0 Å². The summed E-state index contributed by atoms with van der Waals surface area (Å²) in [5, 5.41) is 0. The van der Waals surface area contributed by atoms with Crippen molar-refractivity contribution in [1.29, 1.82) is 0 Å². The Morgan fingerprint density at radius 3 is 2.76 bits per heavy atom. The number of rotatable bonds is 2. The van der Waals surface area contributed by atoms with Gasteiger partial charge in [-0.1, -0.05) is 6.92 Å². The zero-order chi connectivity index (χ0) is 12.4. The number of piperidine rings is 1. The monoisotopic (exact) mass is 237 g/mol. The van der Waals surface area contributed by atoms with Crippen molar-refractivity contribution < 1.29 is 0 Å². The molecule has 7 heteroatoms. The van der Waals surface area contributed by atoms with E-state index in [-0.39, 0.29) is 5.95 Å². The normalized spacial score (nSPS) is 20.4. The molecule has 1 fully saturated rings. The van der Waals surface area contributed by atoms with Crippen molar-refractivity contribution in [3.63, 3.8) is 0 Å². The molecule has 7 nitrogen and oxygen atoms in total. The Hall–Kier alpha value is -1.76. The van der Waals surface area contributed by atoms with E-state index in [0.29, 0.717) is 23.2 Å². The molecule has 94 valence electrons. The summed E-state index contributed by atoms with van der Waals surface area (Å²) in [5.74, 6) is 7.22. The SMILES string of the molecule is CC1CCCN(c2nc(N)nc(NN)c2N)C1. The van der Waals surface area contributed by atoms with Gasteiger partial charge in [0, 0.05) is 13.1 Å². The van der Waals surface area contributed by atoms with Crippen LogP contribution in [0.3, 0.4) is 0 Å². The van der Waals surface area contributed by atoms with Gasteiger partial charge in [-0.2, -0.15) is 9.97 Å². The lowest BCUT2D eigenvalue weighted by molar-refractivity contribution is 0.445. The van der Waals surface area contributed by atoms with Crippen molar-refractivity contribution in [3.8, 4) is 0 Å². The summed E-state index contributed by atoms with van der Waals surface area (Å²) in [6, 6.07) is 0. The first-order chi connectivity index (χ1) is 8.11. The summed E-state index contributed by atoms with van der Waals surface area (Å²) in [7, 11) is 0. The quantitative estimate of drug-likeness (QED) is 0.427. The summed E-state index contributed by atoms with van der Waals surface area (Å²) in [6.07, 6.45) is 2.37. The van der Waals surface area contributed by atoms with E-state index >= 15 is 0 Å². The van der Waals surface area contributed by atoms with Crippen LogP contribution < -0.4 is 27.6 Å². The summed E-state index contributed by atoms with van der Waals surface area (Å²) < 4.78 is 0. The Bertz CT molecular complexity index is 406. The molecule has 1 aromatic rings. The first-order valence-electron chi connectivity index (χ1n) is 5.76. The Morgan fingerprint density at radius 2 is 2.12 bits per heavy atom. The molecule has 0 radical (unpaired) electrons. The van der Waals surface area contributed by atoms with Gasteiger partial charge in [-0.25, -0.2) is 5.84 Å². The van der Waals surface area contributed by atoms with Crippen LogP contribution in [0, 0.1) is 5.92 Å². The van der Waals surface area contributed by atoms with Crippen molar-refractivity contribution in [2.45, 2.75) is 19.8 Å². The highest BCUT2D eigenvalue weighted by atomic mass is 15.3. The van der Waals surface area contributed by atoms with E-state index in [0.717, 1.165) is 19.5 Å². The predicted octanol–water partition coefficient (Wildman–Crippen LogP) is 0.163. The van der Waals surface area contributed by atoms with Crippen molar-refractivity contribution in [3.05, 3.63) is 0 Å². The molecule has 7 N–H and O–H groups in total. The predicted molar refractivity (Wildman–Crippen MR) is 69.3 cm³/mol. The average molecular weight is 237 g/mol. The van der Waals surface area contributed by atoms with E-state index in [1.54, 1.807) is 0 Å². The standard InChI is InChI=1S/C10H19N7/c1-6-3-2-4-17(5-6)9-7(11)8(16-13)14-10(12)15-9/h6H,2-5,11,13H2,1H3,(H3,12,14,15,16). The molecule has 0 aliphatic carbocycles. The average Bonchev–Trinajstić information content (AvgIpc) is 2.31. The molecule has 0 aromatic carbocycles. The van der Waals surface area contributed by atoms with Crippen molar-refractivity contribution in [1.82, 2.24) is 9.97 Å². The summed E-state index contributed by atoms with van der Waals surface area (Å²) in [6.45, 7) is 4.09. The summed E-state index contributed by atoms with van der Waals surface area (Å²) in [4.78, 5) is 10.3. The fourth-order valence-electron chi connectivity index (χ4n) is 2.21. The van der Waals surface area contributed by atoms with Crippen LogP contribution in [0.5, 0.6) is 0 Å². The van der Waals surface area contributed by atoms with Gasteiger partial charge in [-0.3, -0.25) is 0 Å². The lowest BCUT2D eigenvalue weighted by atomic mass is 10.0. The number of hydrazine groups is 1. The fourth-order valence-corrected chi connectivity index (χ4v) is 2.21. The molecule has 1 saturated heterocycles. The molecule has 1 atom stereocenters. The molecule has 0 bridgehead atoms. The van der Waals surface area contributed by atoms with Crippen LogP contribution in [0.4, 0.5) is 23.3 Å². The smallest absolute Gasteiger partial charge is 0.224 e. The van der Waals surface area contributed by atoms with Gasteiger partial charge in [-0.05, 0) is 18.8 Å². The van der Waals surface area contributed by atoms with E-state index in [4.69, 9.17) is 17.3 Å². The Morgan fingerprint density at radius 1 is 1.35 bits per heavy atom. The molecule has 1 aliphatic rings. The van der Waals surface area contributed by atoms with E-state index in [1.807, 2.05) is 0 Å². The maximum absolute atomic E-state index is 5.97. The molecule has 2 rings (SSSR count). The molecule has 0 saturated carbocycles. The van der Waals surface area contributed by atoms with E-state index in [9.17, 15) is 0 Å². The number of nitrogen functional groups attached to an aromatic ring is 3. The van der Waals surface area contributed by atoms with Gasteiger partial charge in [0.2, 0.25) is 5.95 Å². The van der Waals surface area contributed by atoms with Crippen LogP contribution in [-0.4, -0.2) is 23.1 Å². The Kier molecular flexibility index (Phi) is 3.19. The van der Waals surface area contributed by atoms with Gasteiger partial charge in [0.1, 0.15) is 5.69 Å². The molecule has 1 aliphatic heterocycles. The molecule has 1 aromatic heterocycles. The van der Waals surface area contributed by atoms with Gasteiger partial charge in [-0.15, -0.1) is 0 Å². The number of anilines is 4. The first kappa shape index (κ1) is 11.7. The minimum Gasteiger partial charge on any atom is -0.393 e. The first-order valence-corrected chi connectivity index (χ1v) is 5.76. The van der Waals surface area contributed by atoms with Crippen LogP contribution in [0.25, 0.3) is 0 Å². The number of hydrogen-bond acceptors (Lipinski definition) is 7. The third kappa shape index (κ3) is 2.33. The van der Waals surface area contributed by atoms with Crippen molar-refractivity contribution in [2.24, 2.45) is 11.8 Å². The number of aromatic nitrogens is 2. The van der Waals surface area contributed by atoms with Crippen LogP contribution in [0.15, 0.2) is 0 Å². The molecule has 17 heavy (non-hydrogen) atoms. The van der Waals surface area contributed by atoms with Gasteiger partial charge >= 0.3 is 0 Å². The highest BCUT2D eigenvalue weighted by Crippen LogP contribution is 2.30. The zero-order valence-corrected chi connectivity index (χ0v) is 9.98. The summed E-state index contributed by atoms with van der Waals surface area (Å²) in [5.41, 5.74) is 14.5. The fraction of sp³-hybridized carbons (Fsp3) is 0.600. The number of nitrogens with two attached hydrogens (primary N) is 3. The second-order valence-electron chi connectivity index (χ2n) is 4.51. The number of hydrogen-bond donors (Lipinski definition) is 4. The van der Waals surface area contributed by atoms with E-state index in [2.05, 4.69) is 27.2 Å². The minimum atomic E-state index is 0.181. The van der Waals surface area contributed by atoms with E-state index in [1.165, 1.54) is 6.42 Å². The molecule has 1 unspecified atom stereocenters. The Labute approximate surface area is 100 Å². The van der Waals surface area contributed by atoms with Gasteiger partial charge < -0.3 is 21.8 Å². The third-order valence-electron chi connectivity index (χ3n) is 3.04. The van der Waals surface area contributed by atoms with Crippen molar-refractivity contribution >= 4 is 23.3 Å². The Balaban J connectivity index is 2.33. The number of nitrogens with zero attached hydrogens (tertiary/aromatic N) is 3.